The summed E-state index contributed by atoms with van der Waals surface area (Å²) in [6.45, 7) is 5.22. The highest BCUT2D eigenvalue weighted by atomic mass is 16.5. The van der Waals surface area contributed by atoms with Crippen LogP contribution in [0.5, 0.6) is 0 Å². The van der Waals surface area contributed by atoms with Crippen molar-refractivity contribution in [2.45, 2.75) is 125 Å². The zero-order valence-electron chi connectivity index (χ0n) is 28.8. The molecule has 18 heteroatoms. The highest BCUT2D eigenvalue weighted by molar-refractivity contribution is 5.84. The Labute approximate surface area is 293 Å². The van der Waals surface area contributed by atoms with Crippen LogP contribution in [0.2, 0.25) is 0 Å². The maximum absolute atomic E-state index is 13.0. The second-order valence-corrected chi connectivity index (χ2v) is 13.6. The molecule has 3 aliphatic rings. The highest BCUT2D eigenvalue weighted by Crippen LogP contribution is 2.24. The van der Waals surface area contributed by atoms with Crippen LogP contribution in [-0.2, 0) is 19.1 Å². The number of aliphatic hydroxyl groups excluding tert-OH is 4. The Kier molecular flexibility index (Phi) is 17.1. The molecule has 0 aliphatic carbocycles. The Morgan fingerprint density at radius 3 is 2.18 bits per heavy atom. The number of fused-ring (bicyclic) bond motifs is 1. The molecule has 5 unspecified atom stereocenters. The molecule has 0 radical (unpaired) electrons. The van der Waals surface area contributed by atoms with Crippen LogP contribution in [0.4, 0.5) is 0 Å². The number of nitrogens with two attached hydrogens (primary N) is 4. The summed E-state index contributed by atoms with van der Waals surface area (Å²) in [7, 11) is 0. The zero-order chi connectivity index (χ0) is 36.8. The van der Waals surface area contributed by atoms with Crippen LogP contribution in [0.15, 0.2) is 24.2 Å². The standard InChI is InChI=1S/C32H60N10O8/c1-17(11-18(34)6-4-10-38-25(45)12-19(35)5-2-8-33)37-9-3-7-20(36)13-26(46)42-28-22(50-23(16-43)30(47)31(28)48)14-24-40-27-21(44)15-39-32(49)29(27)41-24/h14,18-23,27-31,37,40-41,43-44,47-48H,1-13,15-16,33-36H2,(H,38,45)(H,39,49)(H,42,46)/b24-14-/t18-,19-,20-,21+,22?,23?,27+,28?,29+,30?,31?/m0/s1. The normalized spacial score (nSPS) is 30.2. The summed E-state index contributed by atoms with van der Waals surface area (Å²) in [5, 5.41) is 58.8. The van der Waals surface area contributed by atoms with Crippen LogP contribution < -0.4 is 54.8 Å². The van der Waals surface area contributed by atoms with E-state index >= 15 is 0 Å². The van der Waals surface area contributed by atoms with E-state index in [0.29, 0.717) is 51.1 Å². The number of hydrogen-bond acceptors (Lipinski definition) is 15. The Hall–Kier alpha value is -3.07. The van der Waals surface area contributed by atoms with Crippen molar-refractivity contribution in [3.05, 3.63) is 24.2 Å². The van der Waals surface area contributed by atoms with E-state index in [9.17, 15) is 34.8 Å². The molecule has 3 rings (SSSR count). The van der Waals surface area contributed by atoms with Gasteiger partial charge < -0.3 is 80.0 Å². The molecular formula is C32H60N10O8. The average molecular weight is 713 g/mol. The van der Waals surface area contributed by atoms with Crippen LogP contribution in [0.3, 0.4) is 0 Å². The molecule has 11 atom stereocenters. The van der Waals surface area contributed by atoms with Gasteiger partial charge in [0.1, 0.15) is 30.5 Å². The molecule has 0 aromatic carbocycles. The number of piperidine rings is 1. The third-order valence-electron chi connectivity index (χ3n) is 9.18. The topological polar surface area (TPSA) is 318 Å². The fourth-order valence-corrected chi connectivity index (χ4v) is 6.36. The molecule has 3 fully saturated rings. The maximum Gasteiger partial charge on any atom is 0.244 e. The molecule has 0 saturated carbocycles. The van der Waals surface area contributed by atoms with Crippen molar-refractivity contribution in [3.8, 4) is 0 Å². The number of carbonyl (C=O) groups excluding carboxylic acids is 3. The number of hydrogen-bond donors (Lipinski definition) is 14. The van der Waals surface area contributed by atoms with Crippen LogP contribution in [-0.4, -0.2) is 138 Å². The number of amides is 3. The number of aliphatic hydroxyl groups is 4. The first kappa shape index (κ1) is 41.4. The van der Waals surface area contributed by atoms with Crippen molar-refractivity contribution in [2.75, 3.05) is 32.8 Å². The number of carbonyl (C=O) groups is 3. The minimum absolute atomic E-state index is 0.0545. The number of ether oxygens (including phenoxy) is 1. The smallest absolute Gasteiger partial charge is 0.244 e. The fraction of sp³-hybridized carbons (Fsp3) is 0.781. The van der Waals surface area contributed by atoms with E-state index in [2.05, 4.69) is 38.5 Å². The second-order valence-electron chi connectivity index (χ2n) is 13.6. The fourth-order valence-electron chi connectivity index (χ4n) is 6.36. The van der Waals surface area contributed by atoms with Gasteiger partial charge in [0.05, 0.1) is 30.6 Å². The molecule has 3 aliphatic heterocycles. The van der Waals surface area contributed by atoms with Gasteiger partial charge >= 0.3 is 0 Å². The van der Waals surface area contributed by atoms with Crippen molar-refractivity contribution in [3.63, 3.8) is 0 Å². The summed E-state index contributed by atoms with van der Waals surface area (Å²) in [4.78, 5) is 37.2. The highest BCUT2D eigenvalue weighted by Gasteiger charge is 2.47. The van der Waals surface area contributed by atoms with Crippen molar-refractivity contribution in [1.29, 1.82) is 0 Å². The van der Waals surface area contributed by atoms with E-state index in [1.165, 1.54) is 6.08 Å². The van der Waals surface area contributed by atoms with Crippen LogP contribution in [0.1, 0.15) is 57.8 Å². The van der Waals surface area contributed by atoms with Crippen molar-refractivity contribution >= 4 is 17.7 Å². The largest absolute Gasteiger partial charge is 0.394 e. The van der Waals surface area contributed by atoms with Crippen LogP contribution >= 0.6 is 0 Å². The minimum atomic E-state index is -1.48. The lowest BCUT2D eigenvalue weighted by Gasteiger charge is -2.42. The van der Waals surface area contributed by atoms with Gasteiger partial charge in [-0.25, -0.2) is 0 Å². The quantitative estimate of drug-likeness (QED) is 0.0495. The SMILES string of the molecule is C=C(C[C@@H](N)CCCNC(=O)C[C@@H](N)CCCN)NCCC[C@H](N)CC(=O)NC1C(/C=C2/N[C@@H]3[C@H](O)CNC(=O)[C@@H]3N2)OC(CO)C(O)C1O. The van der Waals surface area contributed by atoms with Crippen LogP contribution in [0.25, 0.3) is 0 Å². The zero-order valence-corrected chi connectivity index (χ0v) is 28.8. The number of nitrogens with one attached hydrogen (secondary N) is 6. The van der Waals surface area contributed by atoms with Crippen LogP contribution in [0, 0.1) is 0 Å². The first-order valence-electron chi connectivity index (χ1n) is 17.6. The van der Waals surface area contributed by atoms with Crippen molar-refractivity contribution < 1.29 is 39.5 Å². The first-order valence-corrected chi connectivity index (χ1v) is 17.6. The molecule has 3 amide bonds. The lowest BCUT2D eigenvalue weighted by atomic mass is 9.92. The summed E-state index contributed by atoms with van der Waals surface area (Å²) in [5.74, 6) is -0.495. The van der Waals surface area contributed by atoms with Gasteiger partial charge in [0.2, 0.25) is 17.7 Å². The van der Waals surface area contributed by atoms with Gasteiger partial charge in [0.15, 0.2) is 0 Å². The molecule has 50 heavy (non-hydrogen) atoms. The summed E-state index contributed by atoms with van der Waals surface area (Å²) in [6, 6.07) is -3.23. The summed E-state index contributed by atoms with van der Waals surface area (Å²) < 4.78 is 5.82. The van der Waals surface area contributed by atoms with Gasteiger partial charge in [0.25, 0.3) is 0 Å². The number of rotatable bonds is 21. The van der Waals surface area contributed by atoms with Crippen molar-refractivity contribution in [1.82, 2.24) is 31.9 Å². The van der Waals surface area contributed by atoms with Gasteiger partial charge in [-0.15, -0.1) is 0 Å². The molecular weight excluding hydrogens is 652 g/mol. The van der Waals surface area contributed by atoms with E-state index in [0.717, 1.165) is 25.0 Å². The molecule has 286 valence electrons. The van der Waals surface area contributed by atoms with E-state index in [1.807, 2.05) is 0 Å². The molecule has 18 N–H and O–H groups in total. The third-order valence-corrected chi connectivity index (χ3v) is 9.18. The lowest BCUT2D eigenvalue weighted by Crippen LogP contribution is -2.64. The van der Waals surface area contributed by atoms with Gasteiger partial charge in [-0.2, -0.15) is 0 Å². The van der Waals surface area contributed by atoms with E-state index in [-0.39, 0.29) is 43.3 Å². The average Bonchev–Trinajstić information content (AvgIpc) is 3.50. The molecule has 3 saturated heterocycles. The molecule has 0 aromatic rings. The Bertz CT molecular complexity index is 1150. The van der Waals surface area contributed by atoms with Gasteiger partial charge in [-0.05, 0) is 51.1 Å². The van der Waals surface area contributed by atoms with E-state index in [4.69, 9.17) is 27.7 Å². The van der Waals surface area contributed by atoms with E-state index in [1.54, 1.807) is 0 Å². The monoisotopic (exact) mass is 712 g/mol. The molecule has 0 aromatic heterocycles. The molecule has 0 bridgehead atoms. The predicted octanol–water partition coefficient (Wildman–Crippen LogP) is -5.11. The van der Waals surface area contributed by atoms with Gasteiger partial charge in [-0.1, -0.05) is 6.58 Å². The predicted molar refractivity (Wildman–Crippen MR) is 185 cm³/mol. The maximum atomic E-state index is 13.0. The molecule has 18 nitrogen and oxygen atoms in total. The summed E-state index contributed by atoms with van der Waals surface area (Å²) in [6.07, 6.45) is 0.522. The van der Waals surface area contributed by atoms with Crippen molar-refractivity contribution in [2.24, 2.45) is 22.9 Å². The summed E-state index contributed by atoms with van der Waals surface area (Å²) >= 11 is 0. The minimum Gasteiger partial charge on any atom is -0.394 e. The Morgan fingerprint density at radius 2 is 1.54 bits per heavy atom. The summed E-state index contributed by atoms with van der Waals surface area (Å²) in [5.41, 5.74) is 24.7. The lowest BCUT2D eigenvalue weighted by molar-refractivity contribution is -0.184. The van der Waals surface area contributed by atoms with Gasteiger partial charge in [0, 0.05) is 62.7 Å². The molecule has 0 spiro atoms. The number of β-amino-alcohol motifs (C(OH)–C–C–N with tert-alkyl or cyclic N) is 1. The Morgan fingerprint density at radius 1 is 0.920 bits per heavy atom. The second kappa shape index (κ2) is 20.7. The van der Waals surface area contributed by atoms with E-state index < -0.39 is 67.2 Å². The van der Waals surface area contributed by atoms with Gasteiger partial charge in [-0.3, -0.25) is 14.4 Å². The molecule has 3 heterocycles. The third kappa shape index (κ3) is 12.9. The Balaban J connectivity index is 1.36. The first-order chi connectivity index (χ1) is 23.8.